The number of likely N-dealkylation sites (tertiary alicyclic amines) is 2. The van der Waals surface area contributed by atoms with Crippen molar-refractivity contribution < 1.29 is 38.1 Å². The largest absolute Gasteiger partial charge is 0.468 e. The Morgan fingerprint density at radius 3 is 2.10 bits per heavy atom. The van der Waals surface area contributed by atoms with Crippen LogP contribution in [0.25, 0.3) is 0 Å². The van der Waals surface area contributed by atoms with Crippen LogP contribution in [0.5, 0.6) is 0 Å². The fourth-order valence-electron chi connectivity index (χ4n) is 6.59. The summed E-state index contributed by atoms with van der Waals surface area (Å²) in [7, 11) is 4.27. The number of imidazole rings is 1. The smallest absolute Gasteiger partial charge is 0.357 e. The van der Waals surface area contributed by atoms with Crippen molar-refractivity contribution in [2.24, 2.45) is 10.4 Å². The highest BCUT2D eigenvalue weighted by Crippen LogP contribution is 2.36. The van der Waals surface area contributed by atoms with Gasteiger partial charge in [0.15, 0.2) is 0 Å². The van der Waals surface area contributed by atoms with E-state index < -0.39 is 34.9 Å². The topological polar surface area (TPSA) is 145 Å². The van der Waals surface area contributed by atoms with Crippen LogP contribution < -0.4 is 0 Å². The van der Waals surface area contributed by atoms with E-state index in [9.17, 15) is 19.2 Å². The van der Waals surface area contributed by atoms with Gasteiger partial charge in [-0.3, -0.25) is 19.6 Å². The number of carbonyl (C=O) groups is 4. The summed E-state index contributed by atoms with van der Waals surface area (Å²) in [6.07, 6.45) is 4.32. The Labute approximate surface area is 297 Å². The molecule has 0 unspecified atom stereocenters. The van der Waals surface area contributed by atoms with Crippen LogP contribution in [0, 0.1) is 5.41 Å². The number of rotatable bonds is 15. The molecule has 14 heteroatoms. The van der Waals surface area contributed by atoms with Crippen molar-refractivity contribution in [3.05, 3.63) is 102 Å². The Hall–Kier alpha value is -5.34. The van der Waals surface area contributed by atoms with E-state index in [1.165, 1.54) is 26.6 Å². The summed E-state index contributed by atoms with van der Waals surface area (Å²) < 4.78 is 23.4. The molecule has 2 aliphatic heterocycles. The molecule has 0 spiro atoms. The summed E-state index contributed by atoms with van der Waals surface area (Å²) in [5.41, 5.74) is -0.258. The highest BCUT2D eigenvalue weighted by Gasteiger charge is 2.57. The van der Waals surface area contributed by atoms with Crippen LogP contribution in [0.4, 0.5) is 0 Å². The van der Waals surface area contributed by atoms with E-state index in [0.29, 0.717) is 6.67 Å². The average molecular weight is 701 g/mol. The summed E-state index contributed by atoms with van der Waals surface area (Å²) in [6, 6.07) is 18.9. The molecule has 2 aromatic carbocycles. The van der Waals surface area contributed by atoms with Gasteiger partial charge in [-0.15, -0.1) is 0 Å². The molecule has 2 atom stereocenters. The fraction of sp³-hybridized carbons (Fsp3) is 0.405. The molecule has 51 heavy (non-hydrogen) atoms. The van der Waals surface area contributed by atoms with Gasteiger partial charge in [0.1, 0.15) is 23.4 Å². The van der Waals surface area contributed by atoms with E-state index in [-0.39, 0.29) is 56.3 Å². The number of esters is 4. The highest BCUT2D eigenvalue weighted by molar-refractivity contribution is 5.92. The Morgan fingerprint density at radius 1 is 0.922 bits per heavy atom. The molecule has 3 heterocycles. The normalized spacial score (nSPS) is 17.9. The number of likely N-dealkylation sites (N-methyl/N-ethyl adjacent to an activating group) is 1. The van der Waals surface area contributed by atoms with Crippen molar-refractivity contribution in [2.75, 3.05) is 60.7 Å². The molecule has 2 aliphatic rings. The first-order chi connectivity index (χ1) is 24.5. The Balaban J connectivity index is 1.19. The second-order valence-corrected chi connectivity index (χ2v) is 13.0. The SMILES string of the molecule is C=N/C=C(/C(=O)OC1(C(=O)OC)CN(CN2CC(COC(=O)c3cncn3[C@H](C)c3ccccc3)(C(=O)OC)C2)C1)N(C)[C@H](C)c1ccccc1. The number of methoxy groups -OCH3 is 2. The van der Waals surface area contributed by atoms with Gasteiger partial charge in [0.2, 0.25) is 5.60 Å². The first kappa shape index (κ1) is 36.9. The zero-order chi connectivity index (χ0) is 36.8. The van der Waals surface area contributed by atoms with Gasteiger partial charge in [-0.2, -0.15) is 0 Å². The second kappa shape index (κ2) is 15.7. The lowest BCUT2D eigenvalue weighted by Gasteiger charge is -2.53. The minimum Gasteiger partial charge on any atom is -0.468 e. The molecule has 0 aliphatic carbocycles. The van der Waals surface area contributed by atoms with Crippen molar-refractivity contribution in [1.29, 1.82) is 0 Å². The molecule has 0 amide bonds. The van der Waals surface area contributed by atoms with Gasteiger partial charge in [0, 0.05) is 20.1 Å². The molecule has 3 aromatic rings. The first-order valence-corrected chi connectivity index (χ1v) is 16.5. The summed E-state index contributed by atoms with van der Waals surface area (Å²) in [5.74, 6) is -2.53. The lowest BCUT2D eigenvalue weighted by molar-refractivity contribution is -0.207. The molecule has 2 fully saturated rings. The third-order valence-corrected chi connectivity index (χ3v) is 9.59. The molecule has 2 saturated heterocycles. The number of ether oxygens (including phenoxy) is 4. The van der Waals surface area contributed by atoms with Crippen LogP contribution >= 0.6 is 0 Å². The number of aromatic nitrogens is 2. The molecule has 0 radical (unpaired) electrons. The van der Waals surface area contributed by atoms with Crippen LogP contribution in [0.1, 0.15) is 47.5 Å². The van der Waals surface area contributed by atoms with Crippen LogP contribution in [-0.2, 0) is 33.3 Å². The van der Waals surface area contributed by atoms with Crippen LogP contribution in [0.3, 0.4) is 0 Å². The highest BCUT2D eigenvalue weighted by atomic mass is 16.6. The maximum atomic E-state index is 13.5. The third kappa shape index (κ3) is 7.71. The minimum atomic E-state index is -1.54. The number of benzene rings is 2. The maximum Gasteiger partial charge on any atom is 0.357 e. The predicted octanol–water partition coefficient (Wildman–Crippen LogP) is 3.09. The Bertz CT molecular complexity index is 1750. The van der Waals surface area contributed by atoms with Gasteiger partial charge in [-0.05, 0) is 31.7 Å². The predicted molar refractivity (Wildman–Crippen MR) is 186 cm³/mol. The minimum absolute atomic E-state index is 0.0679. The number of carbonyl (C=O) groups excluding carboxylic acids is 4. The van der Waals surface area contributed by atoms with Crippen molar-refractivity contribution >= 4 is 30.6 Å². The molecule has 14 nitrogen and oxygen atoms in total. The quantitative estimate of drug-likeness (QED) is 0.0995. The molecule has 0 saturated carbocycles. The monoisotopic (exact) mass is 700 g/mol. The maximum absolute atomic E-state index is 13.5. The Kier molecular flexibility index (Phi) is 11.4. The van der Waals surface area contributed by atoms with Crippen molar-refractivity contribution in [1.82, 2.24) is 24.3 Å². The van der Waals surface area contributed by atoms with E-state index >= 15 is 0 Å². The molecule has 5 rings (SSSR count). The van der Waals surface area contributed by atoms with Crippen molar-refractivity contribution in [3.8, 4) is 0 Å². The fourth-order valence-corrected chi connectivity index (χ4v) is 6.59. The zero-order valence-electron chi connectivity index (χ0n) is 29.6. The van der Waals surface area contributed by atoms with Gasteiger partial charge in [-0.25, -0.2) is 19.4 Å². The van der Waals surface area contributed by atoms with E-state index in [4.69, 9.17) is 18.9 Å². The summed E-state index contributed by atoms with van der Waals surface area (Å²) in [4.78, 5) is 66.2. The van der Waals surface area contributed by atoms with E-state index in [1.54, 1.807) is 22.8 Å². The number of aliphatic imine (C=N–C) groups is 1. The van der Waals surface area contributed by atoms with Crippen molar-refractivity contribution in [3.63, 3.8) is 0 Å². The Morgan fingerprint density at radius 2 is 1.51 bits per heavy atom. The molecule has 1 aromatic heterocycles. The van der Waals surface area contributed by atoms with Gasteiger partial charge in [0.25, 0.3) is 0 Å². The van der Waals surface area contributed by atoms with E-state index in [2.05, 4.69) is 16.7 Å². The van der Waals surface area contributed by atoms with E-state index in [0.717, 1.165) is 11.1 Å². The second-order valence-electron chi connectivity index (χ2n) is 13.0. The molecular formula is C37H44N6O8. The van der Waals surface area contributed by atoms with Crippen LogP contribution in [0.15, 0.2) is 90.1 Å². The first-order valence-electron chi connectivity index (χ1n) is 16.5. The van der Waals surface area contributed by atoms with Crippen LogP contribution in [-0.4, -0.2) is 121 Å². The molecule has 0 N–H and O–H groups in total. The summed E-state index contributed by atoms with van der Waals surface area (Å²) >= 11 is 0. The molecular weight excluding hydrogens is 656 g/mol. The summed E-state index contributed by atoms with van der Waals surface area (Å²) in [5, 5.41) is 0. The zero-order valence-corrected chi connectivity index (χ0v) is 29.6. The van der Waals surface area contributed by atoms with Gasteiger partial charge >= 0.3 is 23.9 Å². The number of hydrogen-bond donors (Lipinski definition) is 0. The third-order valence-electron chi connectivity index (χ3n) is 9.59. The van der Waals surface area contributed by atoms with Gasteiger partial charge in [-0.1, -0.05) is 60.7 Å². The number of nitrogens with zero attached hydrogens (tertiary/aromatic N) is 6. The average Bonchev–Trinajstić information content (AvgIpc) is 3.62. The van der Waals surface area contributed by atoms with Crippen molar-refractivity contribution in [2.45, 2.75) is 31.5 Å². The lowest BCUT2D eigenvalue weighted by atomic mass is 9.80. The molecule has 0 bridgehead atoms. The van der Waals surface area contributed by atoms with E-state index in [1.807, 2.05) is 84.3 Å². The van der Waals surface area contributed by atoms with Gasteiger partial charge in [0.05, 0.1) is 64.8 Å². The summed E-state index contributed by atoms with van der Waals surface area (Å²) in [6.45, 7) is 8.18. The standard InChI is InChI=1S/C37H44N6O8/c1-26(28-13-9-7-10-14-28)40(4)30(17-38-3)33(45)51-37(35(47)49-6)21-42(22-37)25-41-19-36(20-41,34(46)48-5)23-50-32(44)31-18-39-24-43(31)27(2)29-15-11-8-12-16-29/h7-18,24,26-27H,3,19-23,25H2,1-2,4-6H3/b30-17-/t26-,27-/m1/s1. The van der Waals surface area contributed by atoms with Crippen LogP contribution in [0.2, 0.25) is 0 Å². The van der Waals surface area contributed by atoms with Gasteiger partial charge < -0.3 is 28.4 Å². The number of hydrogen-bond acceptors (Lipinski definition) is 13. The lowest BCUT2D eigenvalue weighted by Crippen LogP contribution is -2.72. The molecule has 270 valence electrons.